The molecular formula is C10H19N3O2. The van der Waals surface area contributed by atoms with Gasteiger partial charge in [-0.15, -0.1) is 0 Å². The molecule has 5 N–H and O–H groups in total. The molecule has 1 fully saturated rings. The molecule has 0 bridgehead atoms. The van der Waals surface area contributed by atoms with Crippen LogP contribution in [0.1, 0.15) is 32.6 Å². The van der Waals surface area contributed by atoms with Crippen LogP contribution in [0.15, 0.2) is 0 Å². The van der Waals surface area contributed by atoms with Crippen LogP contribution in [0.4, 0.5) is 0 Å². The average Bonchev–Trinajstić information content (AvgIpc) is 2.18. The Morgan fingerprint density at radius 3 is 2.33 bits per heavy atom. The zero-order valence-electron chi connectivity index (χ0n) is 8.99. The molecule has 0 spiro atoms. The number of rotatable bonds is 2. The topological polar surface area (TPSA) is 103 Å². The number of aliphatic hydroxyl groups excluding tert-OH is 1. The Morgan fingerprint density at radius 1 is 1.33 bits per heavy atom. The fraction of sp³-hybridized carbons (Fsp3) is 0.800. The minimum absolute atomic E-state index is 0.0592. The first kappa shape index (κ1) is 12.1. The van der Waals surface area contributed by atoms with Crippen LogP contribution in [-0.4, -0.2) is 29.0 Å². The monoisotopic (exact) mass is 213 g/mol. The summed E-state index contributed by atoms with van der Waals surface area (Å²) < 4.78 is 4.96. The molecule has 1 atom stereocenters. The van der Waals surface area contributed by atoms with Gasteiger partial charge >= 0.3 is 0 Å². The largest absolute Gasteiger partial charge is 0.427 e. The molecule has 5 heteroatoms. The van der Waals surface area contributed by atoms with Crippen LogP contribution in [-0.2, 0) is 4.74 Å². The summed E-state index contributed by atoms with van der Waals surface area (Å²) in [6.45, 7) is 1.45. The Balaban J connectivity index is 2.37. The molecule has 0 saturated heterocycles. The third-order valence-electron chi connectivity index (χ3n) is 2.74. The highest BCUT2D eigenvalue weighted by molar-refractivity contribution is 5.91. The lowest BCUT2D eigenvalue weighted by Gasteiger charge is -2.26. The lowest BCUT2D eigenvalue weighted by atomic mass is 9.86. The summed E-state index contributed by atoms with van der Waals surface area (Å²) in [4.78, 5) is 0. The van der Waals surface area contributed by atoms with Crippen LogP contribution >= 0.6 is 0 Å². The molecule has 0 aromatic rings. The quantitative estimate of drug-likeness (QED) is 0.404. The zero-order chi connectivity index (χ0) is 11.4. The summed E-state index contributed by atoms with van der Waals surface area (Å²) in [5.74, 6) is -0.105. The lowest BCUT2D eigenvalue weighted by molar-refractivity contribution is 0.230. The Bertz CT molecular complexity index is 245. The molecule has 15 heavy (non-hydrogen) atoms. The maximum Gasteiger partial charge on any atom is 0.217 e. The maximum absolute atomic E-state index is 9.04. The molecule has 86 valence electrons. The maximum atomic E-state index is 9.04. The van der Waals surface area contributed by atoms with Crippen LogP contribution in [0.5, 0.6) is 0 Å². The van der Waals surface area contributed by atoms with E-state index < -0.39 is 6.10 Å². The average molecular weight is 213 g/mol. The van der Waals surface area contributed by atoms with E-state index in [1.165, 1.54) is 6.92 Å². The van der Waals surface area contributed by atoms with E-state index in [2.05, 4.69) is 0 Å². The van der Waals surface area contributed by atoms with Crippen molar-refractivity contribution in [2.45, 2.75) is 44.8 Å². The van der Waals surface area contributed by atoms with Crippen LogP contribution in [0.3, 0.4) is 0 Å². The third-order valence-corrected chi connectivity index (χ3v) is 2.74. The van der Waals surface area contributed by atoms with Crippen LogP contribution < -0.4 is 5.73 Å². The van der Waals surface area contributed by atoms with E-state index in [1.54, 1.807) is 0 Å². The number of hydrogen-bond donors (Lipinski definition) is 4. The first-order valence-corrected chi connectivity index (χ1v) is 5.29. The van der Waals surface area contributed by atoms with Gasteiger partial charge in [0, 0.05) is 12.0 Å². The second kappa shape index (κ2) is 5.23. The Kier molecular flexibility index (Phi) is 4.23. The summed E-state index contributed by atoms with van der Waals surface area (Å²) >= 11 is 0. The number of ether oxygens (including phenoxy) is 1. The lowest BCUT2D eigenvalue weighted by Crippen LogP contribution is -2.32. The van der Waals surface area contributed by atoms with Gasteiger partial charge in [-0.2, -0.15) is 0 Å². The summed E-state index contributed by atoms with van der Waals surface area (Å²) in [6.07, 6.45) is 2.54. The van der Waals surface area contributed by atoms with Gasteiger partial charge in [0.2, 0.25) is 5.90 Å². The fourth-order valence-corrected chi connectivity index (χ4v) is 1.67. The predicted octanol–water partition coefficient (Wildman–Crippen LogP) is 0.856. The molecule has 0 aromatic heterocycles. The SMILES string of the molecule is C[C@@H](O)C(=N)OC(=N)C1CCC(N)CC1. The number of nitrogens with two attached hydrogens (primary N) is 1. The molecule has 1 saturated carbocycles. The standard InChI is InChI=1S/C10H19N3O2/c1-6(14)9(12)15-10(13)7-2-4-8(11)5-3-7/h6-8,12-14H,2-5,11H2,1H3/t6-,7?,8?/m1/s1. The van der Waals surface area contributed by atoms with E-state index in [-0.39, 0.29) is 23.8 Å². The first-order chi connectivity index (χ1) is 7.00. The van der Waals surface area contributed by atoms with Crippen molar-refractivity contribution < 1.29 is 9.84 Å². The van der Waals surface area contributed by atoms with Gasteiger partial charge in [0.15, 0.2) is 5.90 Å². The van der Waals surface area contributed by atoms with Crippen molar-refractivity contribution in [1.82, 2.24) is 0 Å². The second-order valence-electron chi connectivity index (χ2n) is 4.12. The second-order valence-corrected chi connectivity index (χ2v) is 4.12. The molecule has 1 aliphatic rings. The van der Waals surface area contributed by atoms with Crippen LogP contribution in [0, 0.1) is 16.7 Å². The minimum atomic E-state index is -0.948. The van der Waals surface area contributed by atoms with Crippen molar-refractivity contribution in [1.29, 1.82) is 10.8 Å². The van der Waals surface area contributed by atoms with Gasteiger partial charge in [0.25, 0.3) is 0 Å². The van der Waals surface area contributed by atoms with Gasteiger partial charge in [-0.1, -0.05) is 0 Å². The summed E-state index contributed by atoms with van der Waals surface area (Å²) in [5.41, 5.74) is 5.75. The smallest absolute Gasteiger partial charge is 0.217 e. The van der Waals surface area contributed by atoms with Gasteiger partial charge in [0.05, 0.1) is 0 Å². The molecular weight excluding hydrogens is 194 g/mol. The van der Waals surface area contributed by atoms with E-state index in [1.807, 2.05) is 0 Å². The van der Waals surface area contributed by atoms with Crippen molar-refractivity contribution in [3.05, 3.63) is 0 Å². The predicted molar refractivity (Wildman–Crippen MR) is 58.2 cm³/mol. The van der Waals surface area contributed by atoms with Crippen LogP contribution in [0.25, 0.3) is 0 Å². The van der Waals surface area contributed by atoms with Crippen molar-refractivity contribution in [2.75, 3.05) is 0 Å². The number of nitrogens with one attached hydrogen (secondary N) is 2. The summed E-state index contributed by atoms with van der Waals surface area (Å²) in [6, 6.07) is 0.241. The molecule has 1 rings (SSSR count). The number of hydrogen-bond acceptors (Lipinski definition) is 5. The molecule has 0 amide bonds. The molecule has 0 aromatic carbocycles. The molecule has 0 heterocycles. The number of aliphatic hydroxyl groups is 1. The fourth-order valence-electron chi connectivity index (χ4n) is 1.67. The highest BCUT2D eigenvalue weighted by Gasteiger charge is 2.24. The molecule has 0 radical (unpaired) electrons. The zero-order valence-corrected chi connectivity index (χ0v) is 8.99. The van der Waals surface area contributed by atoms with Crippen molar-refractivity contribution in [3.8, 4) is 0 Å². The van der Waals surface area contributed by atoms with Gasteiger partial charge < -0.3 is 15.6 Å². The van der Waals surface area contributed by atoms with E-state index in [0.29, 0.717) is 0 Å². The Labute approximate surface area is 89.6 Å². The molecule has 0 unspecified atom stereocenters. The third kappa shape index (κ3) is 3.60. The van der Waals surface area contributed by atoms with E-state index in [9.17, 15) is 0 Å². The van der Waals surface area contributed by atoms with Crippen molar-refractivity contribution in [2.24, 2.45) is 11.7 Å². The van der Waals surface area contributed by atoms with Gasteiger partial charge in [0.1, 0.15) is 6.10 Å². The van der Waals surface area contributed by atoms with Crippen molar-refractivity contribution in [3.63, 3.8) is 0 Å². The molecule has 1 aliphatic carbocycles. The van der Waals surface area contributed by atoms with E-state index >= 15 is 0 Å². The highest BCUT2D eigenvalue weighted by atomic mass is 16.5. The van der Waals surface area contributed by atoms with Gasteiger partial charge in [-0.25, -0.2) is 0 Å². The summed E-state index contributed by atoms with van der Waals surface area (Å²) in [7, 11) is 0. The normalized spacial score (nSPS) is 28.2. The minimum Gasteiger partial charge on any atom is -0.427 e. The Hall–Kier alpha value is -0.940. The van der Waals surface area contributed by atoms with E-state index in [4.69, 9.17) is 26.4 Å². The van der Waals surface area contributed by atoms with Crippen LogP contribution in [0.2, 0.25) is 0 Å². The molecule has 5 nitrogen and oxygen atoms in total. The highest BCUT2D eigenvalue weighted by Crippen LogP contribution is 2.24. The van der Waals surface area contributed by atoms with Gasteiger partial charge in [-0.3, -0.25) is 10.8 Å². The molecule has 0 aliphatic heterocycles. The van der Waals surface area contributed by atoms with Gasteiger partial charge in [-0.05, 0) is 32.6 Å². The van der Waals surface area contributed by atoms with E-state index in [0.717, 1.165) is 25.7 Å². The summed E-state index contributed by atoms with van der Waals surface area (Å²) in [5, 5.41) is 24.0. The Morgan fingerprint density at radius 2 is 1.87 bits per heavy atom. The first-order valence-electron chi connectivity index (χ1n) is 5.29. The van der Waals surface area contributed by atoms with Crippen molar-refractivity contribution >= 4 is 11.8 Å².